The average Bonchev–Trinajstić information content (AvgIpc) is 3.88. The highest BCUT2D eigenvalue weighted by molar-refractivity contribution is 5.97. The molecule has 8 nitrogen and oxygen atoms in total. The van der Waals surface area contributed by atoms with Crippen LogP contribution in [0, 0.1) is 11.3 Å². The Labute approximate surface area is 264 Å². The Balaban J connectivity index is 1.34. The highest BCUT2D eigenvalue weighted by Crippen LogP contribution is 2.43. The number of aryl methyl sites for hydroxylation is 1. The molecule has 0 spiro atoms. The predicted molar refractivity (Wildman–Crippen MR) is 175 cm³/mol. The van der Waals surface area contributed by atoms with E-state index in [1.807, 2.05) is 72.4 Å². The Morgan fingerprint density at radius 2 is 1.59 bits per heavy atom. The lowest BCUT2D eigenvalue weighted by Gasteiger charge is -2.28. The van der Waals surface area contributed by atoms with Gasteiger partial charge >= 0.3 is 0 Å². The maximum Gasteiger partial charge on any atom is 0.231 e. The number of rotatable bonds is 6. The minimum Gasteiger partial charge on any atom is -0.458 e. The summed E-state index contributed by atoms with van der Waals surface area (Å²) in [6.07, 6.45) is 7.09. The molecule has 1 aliphatic rings. The van der Waals surface area contributed by atoms with Crippen molar-refractivity contribution in [2.75, 3.05) is 6.79 Å². The van der Waals surface area contributed by atoms with Gasteiger partial charge in [-0.25, -0.2) is 4.98 Å². The first-order valence-electron chi connectivity index (χ1n) is 14.8. The second-order valence-corrected chi connectivity index (χ2v) is 11.3. The van der Waals surface area contributed by atoms with Gasteiger partial charge in [-0.3, -0.25) is 4.98 Å². The predicted octanol–water partition coefficient (Wildman–Crippen LogP) is 7.41. The van der Waals surface area contributed by atoms with E-state index < -0.39 is 5.54 Å². The van der Waals surface area contributed by atoms with Crippen LogP contribution in [0.2, 0.25) is 0 Å². The topological polar surface area (TPSA) is 112 Å². The van der Waals surface area contributed by atoms with Crippen LogP contribution >= 0.6 is 0 Å². The fourth-order valence-corrected chi connectivity index (χ4v) is 6.17. The van der Waals surface area contributed by atoms with Crippen LogP contribution in [-0.4, -0.2) is 21.3 Å². The molecule has 0 bridgehead atoms. The molecule has 7 aromatic rings. The number of pyridine rings is 1. The Morgan fingerprint density at radius 1 is 0.783 bits per heavy atom. The zero-order chi connectivity index (χ0) is 31.3. The van der Waals surface area contributed by atoms with E-state index in [4.69, 9.17) is 19.6 Å². The molecule has 222 valence electrons. The SMILES string of the molecule is Cn1cncc1C(N)(c1ccc(C#N)cc1)c1cc2cc(-c3cccnc3)cc(-c3cccc(-c4ccc5c(c4)OCO5)c3)c2o1. The lowest BCUT2D eigenvalue weighted by Crippen LogP contribution is -2.40. The molecule has 8 rings (SSSR count). The molecule has 3 aromatic heterocycles. The van der Waals surface area contributed by atoms with Crippen molar-refractivity contribution in [2.24, 2.45) is 12.8 Å². The summed E-state index contributed by atoms with van der Waals surface area (Å²) >= 11 is 0. The van der Waals surface area contributed by atoms with Crippen LogP contribution in [-0.2, 0) is 12.6 Å². The summed E-state index contributed by atoms with van der Waals surface area (Å²) in [6.45, 7) is 0.225. The van der Waals surface area contributed by atoms with Crippen LogP contribution in [0.4, 0.5) is 0 Å². The lowest BCUT2D eigenvalue weighted by atomic mass is 9.84. The highest BCUT2D eigenvalue weighted by atomic mass is 16.7. The molecule has 0 saturated heterocycles. The van der Waals surface area contributed by atoms with Gasteiger partial charge in [0.25, 0.3) is 0 Å². The molecule has 2 N–H and O–H groups in total. The third-order valence-corrected chi connectivity index (χ3v) is 8.57. The fourth-order valence-electron chi connectivity index (χ4n) is 6.17. The molecule has 0 fully saturated rings. The summed E-state index contributed by atoms with van der Waals surface area (Å²) in [7, 11) is 1.91. The van der Waals surface area contributed by atoms with Crippen molar-refractivity contribution < 1.29 is 13.9 Å². The van der Waals surface area contributed by atoms with E-state index in [1.54, 1.807) is 30.9 Å². The molecule has 8 heteroatoms. The summed E-state index contributed by atoms with van der Waals surface area (Å²) in [5, 5.41) is 10.3. The minimum absolute atomic E-state index is 0.225. The molecule has 0 radical (unpaired) electrons. The van der Waals surface area contributed by atoms with Crippen molar-refractivity contribution in [1.29, 1.82) is 5.26 Å². The van der Waals surface area contributed by atoms with E-state index >= 15 is 0 Å². The summed E-state index contributed by atoms with van der Waals surface area (Å²) in [5.74, 6) is 2.03. The average molecular weight is 602 g/mol. The molecule has 0 saturated carbocycles. The number of aromatic nitrogens is 3. The van der Waals surface area contributed by atoms with Crippen LogP contribution < -0.4 is 15.2 Å². The van der Waals surface area contributed by atoms with Crippen LogP contribution in [0.5, 0.6) is 11.5 Å². The number of nitrogens with two attached hydrogens (primary N) is 1. The molecule has 4 heterocycles. The van der Waals surface area contributed by atoms with E-state index in [0.29, 0.717) is 16.9 Å². The second-order valence-electron chi connectivity index (χ2n) is 11.3. The van der Waals surface area contributed by atoms with Gasteiger partial charge in [-0.05, 0) is 82.4 Å². The number of hydrogen-bond donors (Lipinski definition) is 1. The minimum atomic E-state index is -1.20. The van der Waals surface area contributed by atoms with E-state index in [9.17, 15) is 5.26 Å². The quantitative estimate of drug-likeness (QED) is 0.211. The van der Waals surface area contributed by atoms with Crippen molar-refractivity contribution in [3.8, 4) is 50.9 Å². The number of benzene rings is 4. The normalized spacial score (nSPS) is 13.4. The third-order valence-electron chi connectivity index (χ3n) is 8.57. The van der Waals surface area contributed by atoms with Gasteiger partial charge in [0.1, 0.15) is 16.9 Å². The monoisotopic (exact) mass is 601 g/mol. The Hall–Kier alpha value is -6.17. The van der Waals surface area contributed by atoms with Gasteiger partial charge in [-0.15, -0.1) is 0 Å². The van der Waals surface area contributed by atoms with E-state index in [2.05, 4.69) is 46.4 Å². The van der Waals surface area contributed by atoms with Gasteiger partial charge in [0.15, 0.2) is 11.5 Å². The van der Waals surface area contributed by atoms with Crippen molar-refractivity contribution >= 4 is 11.0 Å². The lowest BCUT2D eigenvalue weighted by molar-refractivity contribution is 0.174. The molecular formula is C38H27N5O3. The van der Waals surface area contributed by atoms with Crippen molar-refractivity contribution in [1.82, 2.24) is 14.5 Å². The van der Waals surface area contributed by atoms with Crippen LogP contribution in [0.25, 0.3) is 44.3 Å². The van der Waals surface area contributed by atoms with Crippen molar-refractivity contribution in [3.05, 3.63) is 145 Å². The summed E-state index contributed by atoms with van der Waals surface area (Å²) < 4.78 is 19.9. The van der Waals surface area contributed by atoms with Crippen LogP contribution in [0.15, 0.2) is 126 Å². The molecule has 1 atom stereocenters. The highest BCUT2D eigenvalue weighted by Gasteiger charge is 2.38. The first-order chi connectivity index (χ1) is 22.5. The fraction of sp³-hybridized carbons (Fsp3) is 0.0789. The molecule has 1 unspecified atom stereocenters. The van der Waals surface area contributed by atoms with E-state index in [-0.39, 0.29) is 6.79 Å². The van der Waals surface area contributed by atoms with Gasteiger partial charge in [-0.2, -0.15) is 5.26 Å². The van der Waals surface area contributed by atoms with Gasteiger partial charge in [-0.1, -0.05) is 42.5 Å². The molecule has 46 heavy (non-hydrogen) atoms. The molecule has 1 aliphatic heterocycles. The Bertz CT molecular complexity index is 2280. The van der Waals surface area contributed by atoms with Gasteiger partial charge in [0, 0.05) is 36.0 Å². The zero-order valence-electron chi connectivity index (χ0n) is 24.8. The number of imidazole rings is 1. The Kier molecular flexibility index (Phi) is 6.41. The molecular weight excluding hydrogens is 574 g/mol. The summed E-state index contributed by atoms with van der Waals surface area (Å²) in [6, 6.07) is 34.0. The number of fused-ring (bicyclic) bond motifs is 2. The standard InChI is InChI=1S/C38H27N5O3/c1-43-22-42-21-35(43)38(40,31-10-7-24(19-39)8-11-31)36-18-30-15-29(28-6-3-13-41-20-28)16-32(37(30)46-36)27-5-2-4-25(14-27)26-9-12-33-34(17-26)45-23-44-33/h2-18,20-22H,23,40H2,1H3. The zero-order valence-corrected chi connectivity index (χ0v) is 24.8. The van der Waals surface area contributed by atoms with E-state index in [0.717, 1.165) is 61.5 Å². The molecule has 0 aliphatic carbocycles. The number of nitrogens with zero attached hydrogens (tertiary/aromatic N) is 4. The first-order valence-corrected chi connectivity index (χ1v) is 14.8. The number of ether oxygens (including phenoxy) is 2. The van der Waals surface area contributed by atoms with E-state index in [1.165, 1.54) is 0 Å². The molecule has 0 amide bonds. The maximum absolute atomic E-state index is 9.43. The Morgan fingerprint density at radius 3 is 2.37 bits per heavy atom. The summed E-state index contributed by atoms with van der Waals surface area (Å²) in [5.41, 5.74) is 14.9. The van der Waals surface area contributed by atoms with Crippen molar-refractivity contribution in [3.63, 3.8) is 0 Å². The van der Waals surface area contributed by atoms with Gasteiger partial charge in [0.05, 0.1) is 29.9 Å². The number of nitriles is 1. The largest absolute Gasteiger partial charge is 0.458 e. The maximum atomic E-state index is 9.43. The first kappa shape index (κ1) is 27.4. The number of hydrogen-bond acceptors (Lipinski definition) is 7. The summed E-state index contributed by atoms with van der Waals surface area (Å²) in [4.78, 5) is 8.74. The van der Waals surface area contributed by atoms with Crippen LogP contribution in [0.3, 0.4) is 0 Å². The van der Waals surface area contributed by atoms with Crippen molar-refractivity contribution in [2.45, 2.75) is 5.54 Å². The van der Waals surface area contributed by atoms with Crippen LogP contribution in [0.1, 0.15) is 22.6 Å². The van der Waals surface area contributed by atoms with Gasteiger partial charge < -0.3 is 24.2 Å². The smallest absolute Gasteiger partial charge is 0.231 e. The van der Waals surface area contributed by atoms with Gasteiger partial charge in [0.2, 0.25) is 6.79 Å². The second kappa shape index (κ2) is 10.8. The number of furan rings is 1. The molecule has 4 aromatic carbocycles. The third kappa shape index (κ3) is 4.50.